The molecule has 0 saturated carbocycles. The van der Waals surface area contributed by atoms with Crippen LogP contribution in [0, 0.1) is 5.82 Å². The Morgan fingerprint density at radius 1 is 1.29 bits per heavy atom. The molecule has 5 nitrogen and oxygen atoms in total. The highest BCUT2D eigenvalue weighted by molar-refractivity contribution is 5.89. The van der Waals surface area contributed by atoms with Crippen LogP contribution in [0.2, 0.25) is 0 Å². The van der Waals surface area contributed by atoms with Gasteiger partial charge in [0.05, 0.1) is 6.61 Å². The van der Waals surface area contributed by atoms with Gasteiger partial charge in [-0.3, -0.25) is 0 Å². The number of ether oxygens (including phenoxy) is 1. The van der Waals surface area contributed by atoms with Gasteiger partial charge >= 0.3 is 6.03 Å². The predicted molar refractivity (Wildman–Crippen MR) is 77.7 cm³/mol. The number of benzene rings is 1. The van der Waals surface area contributed by atoms with Gasteiger partial charge in [-0.2, -0.15) is 0 Å². The maximum absolute atomic E-state index is 12.8. The zero-order chi connectivity index (χ0) is 15.1. The van der Waals surface area contributed by atoms with Crippen LogP contribution in [0.1, 0.15) is 12.5 Å². The second kappa shape index (κ2) is 7.23. The lowest BCUT2D eigenvalue weighted by molar-refractivity contribution is 0.251. The maximum Gasteiger partial charge on any atom is 0.319 e. The Bertz CT molecular complexity index is 602. The number of aromatic nitrogens is 1. The minimum Gasteiger partial charge on any atom is -0.478 e. The molecule has 0 atom stereocenters. The Labute approximate surface area is 122 Å². The van der Waals surface area contributed by atoms with E-state index in [9.17, 15) is 9.18 Å². The van der Waals surface area contributed by atoms with E-state index in [0.29, 0.717) is 18.2 Å². The molecule has 21 heavy (non-hydrogen) atoms. The number of nitrogens with one attached hydrogen (secondary N) is 2. The van der Waals surface area contributed by atoms with Gasteiger partial charge in [0.1, 0.15) is 5.82 Å². The molecule has 1 heterocycles. The van der Waals surface area contributed by atoms with Gasteiger partial charge in [0, 0.05) is 24.0 Å². The molecule has 0 aliphatic carbocycles. The minimum atomic E-state index is -0.382. The highest BCUT2D eigenvalue weighted by Gasteiger charge is 2.06. The highest BCUT2D eigenvalue weighted by Crippen LogP contribution is 2.14. The molecule has 0 spiro atoms. The molecular weight excluding hydrogens is 273 g/mol. The van der Waals surface area contributed by atoms with E-state index >= 15 is 0 Å². The van der Waals surface area contributed by atoms with E-state index in [2.05, 4.69) is 15.6 Å². The lowest BCUT2D eigenvalue weighted by Gasteiger charge is -2.10. The van der Waals surface area contributed by atoms with Crippen molar-refractivity contribution in [1.82, 2.24) is 10.3 Å². The van der Waals surface area contributed by atoms with Crippen molar-refractivity contribution < 1.29 is 13.9 Å². The van der Waals surface area contributed by atoms with Crippen molar-refractivity contribution in [2.45, 2.75) is 13.5 Å². The number of hydrogen-bond acceptors (Lipinski definition) is 3. The summed E-state index contributed by atoms with van der Waals surface area (Å²) in [5, 5.41) is 5.31. The molecule has 2 amide bonds. The van der Waals surface area contributed by atoms with E-state index in [0.717, 1.165) is 5.56 Å². The van der Waals surface area contributed by atoms with E-state index in [1.165, 1.54) is 24.3 Å². The van der Waals surface area contributed by atoms with Gasteiger partial charge in [0.15, 0.2) is 0 Å². The van der Waals surface area contributed by atoms with E-state index in [1.54, 1.807) is 12.3 Å². The van der Waals surface area contributed by atoms with Crippen molar-refractivity contribution in [2.75, 3.05) is 11.9 Å². The average Bonchev–Trinajstić information content (AvgIpc) is 2.49. The molecule has 0 saturated heterocycles. The quantitative estimate of drug-likeness (QED) is 0.889. The lowest BCUT2D eigenvalue weighted by Crippen LogP contribution is -2.28. The van der Waals surface area contributed by atoms with Crippen LogP contribution >= 0.6 is 0 Å². The van der Waals surface area contributed by atoms with E-state index in [-0.39, 0.29) is 18.4 Å². The molecule has 2 aromatic rings. The van der Waals surface area contributed by atoms with Crippen LogP contribution in [-0.2, 0) is 6.54 Å². The maximum atomic E-state index is 12.8. The Morgan fingerprint density at radius 3 is 2.76 bits per heavy atom. The van der Waals surface area contributed by atoms with Gasteiger partial charge in [0.2, 0.25) is 5.88 Å². The summed E-state index contributed by atoms with van der Waals surface area (Å²) < 4.78 is 18.1. The van der Waals surface area contributed by atoms with Crippen LogP contribution in [-0.4, -0.2) is 17.6 Å². The number of urea groups is 1. The third-order valence-corrected chi connectivity index (χ3v) is 2.67. The smallest absolute Gasteiger partial charge is 0.319 e. The molecule has 0 fully saturated rings. The molecule has 6 heteroatoms. The Kier molecular flexibility index (Phi) is 5.09. The van der Waals surface area contributed by atoms with Crippen molar-refractivity contribution in [2.24, 2.45) is 0 Å². The zero-order valence-corrected chi connectivity index (χ0v) is 11.6. The number of hydrogen-bond donors (Lipinski definition) is 2. The molecule has 2 rings (SSSR count). The number of anilines is 1. The second-order valence-electron chi connectivity index (χ2n) is 4.22. The third-order valence-electron chi connectivity index (χ3n) is 2.67. The first kappa shape index (κ1) is 14.8. The molecule has 110 valence electrons. The number of nitrogens with zero attached hydrogens (tertiary/aromatic N) is 1. The lowest BCUT2D eigenvalue weighted by atomic mass is 10.2. The Hall–Kier alpha value is -2.63. The molecule has 0 radical (unpaired) electrons. The Morgan fingerprint density at radius 2 is 2.05 bits per heavy atom. The second-order valence-corrected chi connectivity index (χ2v) is 4.22. The third kappa shape index (κ3) is 4.45. The van der Waals surface area contributed by atoms with Gasteiger partial charge in [-0.15, -0.1) is 0 Å². The molecule has 0 aliphatic heterocycles. The van der Waals surface area contributed by atoms with Crippen LogP contribution in [0.4, 0.5) is 14.9 Å². The van der Waals surface area contributed by atoms with Crippen LogP contribution in [0.5, 0.6) is 5.88 Å². The van der Waals surface area contributed by atoms with Crippen LogP contribution in [0.25, 0.3) is 0 Å². The summed E-state index contributed by atoms with van der Waals surface area (Å²) >= 11 is 0. The van der Waals surface area contributed by atoms with Crippen molar-refractivity contribution >= 4 is 11.7 Å². The van der Waals surface area contributed by atoms with Crippen molar-refractivity contribution in [1.29, 1.82) is 0 Å². The van der Waals surface area contributed by atoms with Crippen LogP contribution in [0.3, 0.4) is 0 Å². The first-order chi connectivity index (χ1) is 10.2. The molecule has 1 aromatic carbocycles. The molecular formula is C15H16FN3O2. The van der Waals surface area contributed by atoms with Gasteiger partial charge < -0.3 is 15.4 Å². The SMILES string of the molecule is CCOc1ncccc1CNC(=O)Nc1ccc(F)cc1. The van der Waals surface area contributed by atoms with E-state index in [1.807, 2.05) is 13.0 Å². The van der Waals surface area contributed by atoms with Crippen molar-refractivity contribution in [3.8, 4) is 5.88 Å². The van der Waals surface area contributed by atoms with E-state index < -0.39 is 0 Å². The summed E-state index contributed by atoms with van der Waals surface area (Å²) in [7, 11) is 0. The highest BCUT2D eigenvalue weighted by atomic mass is 19.1. The molecule has 0 aliphatic rings. The van der Waals surface area contributed by atoms with Gasteiger partial charge in [-0.05, 0) is 37.3 Å². The summed E-state index contributed by atoms with van der Waals surface area (Å²) in [5.41, 5.74) is 1.30. The summed E-state index contributed by atoms with van der Waals surface area (Å²) in [6, 6.07) is 8.77. The number of carbonyl (C=O) groups is 1. The predicted octanol–water partition coefficient (Wildman–Crippen LogP) is 2.94. The summed E-state index contributed by atoms with van der Waals surface area (Å²) in [6.45, 7) is 2.66. The van der Waals surface area contributed by atoms with Gasteiger partial charge in [0.25, 0.3) is 0 Å². The number of rotatable bonds is 5. The van der Waals surface area contributed by atoms with Gasteiger partial charge in [-0.1, -0.05) is 6.07 Å². The number of pyridine rings is 1. The first-order valence-corrected chi connectivity index (χ1v) is 6.56. The first-order valence-electron chi connectivity index (χ1n) is 6.56. The molecule has 1 aromatic heterocycles. The van der Waals surface area contributed by atoms with Gasteiger partial charge in [-0.25, -0.2) is 14.2 Å². The molecule has 0 unspecified atom stereocenters. The normalized spacial score (nSPS) is 10.0. The monoisotopic (exact) mass is 289 g/mol. The topological polar surface area (TPSA) is 63.2 Å². The molecule has 2 N–H and O–H groups in total. The van der Waals surface area contributed by atoms with Crippen molar-refractivity contribution in [3.05, 3.63) is 54.0 Å². The number of carbonyl (C=O) groups excluding carboxylic acids is 1. The van der Waals surface area contributed by atoms with Crippen LogP contribution in [0.15, 0.2) is 42.6 Å². The fourth-order valence-corrected chi connectivity index (χ4v) is 1.71. The number of amides is 2. The van der Waals surface area contributed by atoms with Crippen LogP contribution < -0.4 is 15.4 Å². The standard InChI is InChI=1S/C15H16FN3O2/c1-2-21-14-11(4-3-9-17-14)10-18-15(20)19-13-7-5-12(16)6-8-13/h3-9H,2,10H2,1H3,(H2,18,19,20). The summed E-state index contributed by atoms with van der Waals surface area (Å²) in [4.78, 5) is 15.9. The largest absolute Gasteiger partial charge is 0.478 e. The fourth-order valence-electron chi connectivity index (χ4n) is 1.71. The summed E-state index contributed by atoms with van der Waals surface area (Å²) in [5.74, 6) is 0.153. The minimum absolute atomic E-state index is 0.288. The average molecular weight is 289 g/mol. The summed E-state index contributed by atoms with van der Waals surface area (Å²) in [6.07, 6.45) is 1.63. The molecule has 0 bridgehead atoms. The van der Waals surface area contributed by atoms with Crippen molar-refractivity contribution in [3.63, 3.8) is 0 Å². The number of halogens is 1. The fraction of sp³-hybridized carbons (Fsp3) is 0.200. The Balaban J connectivity index is 1.90. The van der Waals surface area contributed by atoms with E-state index in [4.69, 9.17) is 4.74 Å². The zero-order valence-electron chi connectivity index (χ0n) is 11.6.